The van der Waals surface area contributed by atoms with Gasteiger partial charge in [0.25, 0.3) is 0 Å². The number of aliphatic hydroxyl groups excluding tert-OH is 1. The van der Waals surface area contributed by atoms with Gasteiger partial charge in [-0.25, -0.2) is 0 Å². The van der Waals surface area contributed by atoms with Crippen molar-refractivity contribution in [1.82, 2.24) is 9.80 Å². The summed E-state index contributed by atoms with van der Waals surface area (Å²) >= 11 is 0. The molecule has 6 atom stereocenters. The molecule has 0 aliphatic carbocycles. The highest BCUT2D eigenvalue weighted by Crippen LogP contribution is 2.65. The van der Waals surface area contributed by atoms with E-state index in [2.05, 4.69) is 20.1 Å². The van der Waals surface area contributed by atoms with Gasteiger partial charge in [-0.3, -0.25) is 14.4 Å². The molecule has 2 bridgehead atoms. The fourth-order valence-electron chi connectivity index (χ4n) is 7.17. The van der Waals surface area contributed by atoms with Crippen LogP contribution in [-0.2, 0) is 23.9 Å². The predicted molar refractivity (Wildman–Crippen MR) is 151 cm³/mol. The van der Waals surface area contributed by atoms with E-state index in [-0.39, 0.29) is 30.9 Å². The molecule has 3 heterocycles. The molecule has 0 radical (unpaired) electrons. The molecule has 0 aromatic rings. The molecular weight excluding hydrogens is 496 g/mol. The number of likely N-dealkylation sites (tertiary alicyclic amines) is 1. The molecule has 3 rings (SSSR count). The molecule has 8 nitrogen and oxygen atoms in total. The van der Waals surface area contributed by atoms with Gasteiger partial charge in [0.1, 0.15) is 17.6 Å². The number of rotatable bonds is 17. The number of ether oxygens (including phenoxy) is 2. The van der Waals surface area contributed by atoms with Crippen molar-refractivity contribution in [3.05, 3.63) is 25.3 Å². The van der Waals surface area contributed by atoms with Gasteiger partial charge >= 0.3 is 5.97 Å². The average Bonchev–Trinajstić information content (AvgIpc) is 3.52. The second-order valence-electron chi connectivity index (χ2n) is 11.9. The van der Waals surface area contributed by atoms with Gasteiger partial charge in [0.2, 0.25) is 11.8 Å². The Balaban J connectivity index is 2.06. The third kappa shape index (κ3) is 5.83. The van der Waals surface area contributed by atoms with Crippen LogP contribution in [0, 0.1) is 17.8 Å². The van der Waals surface area contributed by atoms with Crippen molar-refractivity contribution >= 4 is 17.8 Å². The molecule has 3 fully saturated rings. The molecule has 220 valence electrons. The van der Waals surface area contributed by atoms with Gasteiger partial charge in [-0.2, -0.15) is 0 Å². The quantitative estimate of drug-likeness (QED) is 0.166. The van der Waals surface area contributed by atoms with E-state index in [1.165, 1.54) is 0 Å². The number of carbonyl (C=O) groups is 3. The minimum absolute atomic E-state index is 0.184. The first-order chi connectivity index (χ1) is 18.7. The Morgan fingerprint density at radius 2 is 1.95 bits per heavy atom. The number of esters is 1. The van der Waals surface area contributed by atoms with Crippen LogP contribution in [0.3, 0.4) is 0 Å². The lowest BCUT2D eigenvalue weighted by molar-refractivity contribution is -0.164. The first-order valence-corrected chi connectivity index (χ1v) is 15.0. The van der Waals surface area contributed by atoms with E-state index in [9.17, 15) is 19.5 Å². The van der Waals surface area contributed by atoms with Crippen molar-refractivity contribution in [2.24, 2.45) is 17.8 Å². The van der Waals surface area contributed by atoms with Crippen molar-refractivity contribution in [3.8, 4) is 0 Å². The maximum Gasteiger partial charge on any atom is 0.312 e. The van der Waals surface area contributed by atoms with Crippen molar-refractivity contribution in [2.75, 3.05) is 26.3 Å². The number of allylic oxidation sites excluding steroid dienone is 1. The monoisotopic (exact) mass is 546 g/mol. The van der Waals surface area contributed by atoms with Crippen LogP contribution < -0.4 is 0 Å². The molecule has 3 aliphatic rings. The molecule has 3 aliphatic heterocycles. The van der Waals surface area contributed by atoms with Gasteiger partial charge in [0, 0.05) is 13.1 Å². The average molecular weight is 547 g/mol. The van der Waals surface area contributed by atoms with Crippen LogP contribution >= 0.6 is 0 Å². The summed E-state index contributed by atoms with van der Waals surface area (Å²) in [6, 6.07) is -1.45. The topological polar surface area (TPSA) is 96.4 Å². The van der Waals surface area contributed by atoms with E-state index >= 15 is 0 Å². The highest BCUT2D eigenvalue weighted by molar-refractivity contribution is 5.98. The third-order valence-corrected chi connectivity index (χ3v) is 8.94. The second-order valence-corrected chi connectivity index (χ2v) is 11.9. The van der Waals surface area contributed by atoms with Crippen LogP contribution in [-0.4, -0.2) is 82.3 Å². The molecule has 1 spiro atoms. The van der Waals surface area contributed by atoms with Crippen LogP contribution in [0.2, 0.25) is 0 Å². The summed E-state index contributed by atoms with van der Waals surface area (Å²) < 4.78 is 12.5. The molecule has 39 heavy (non-hydrogen) atoms. The standard InChI is InChI=1S/C31H50N2O6/c1-7-11-13-18-32(17-9-3)28(36)26-31-16-15-30(10-4,39-31)25(29(37)38-19-14-12-8-2)24(31)27(35)33(26)23(21-34)20-22(5)6/h8-9,22-26,34H,2-3,7,10-21H2,1,4-6H3/t23-,24+,25+,26?,30-,31?/m1/s1. The van der Waals surface area contributed by atoms with Crippen molar-refractivity contribution in [2.45, 2.75) is 109 Å². The van der Waals surface area contributed by atoms with Crippen molar-refractivity contribution in [3.63, 3.8) is 0 Å². The molecule has 0 aromatic carbocycles. The third-order valence-electron chi connectivity index (χ3n) is 8.94. The Labute approximate surface area is 234 Å². The minimum atomic E-state index is -1.12. The Hall–Kier alpha value is -2.19. The van der Waals surface area contributed by atoms with E-state index in [1.807, 2.05) is 20.8 Å². The van der Waals surface area contributed by atoms with Crippen LogP contribution in [0.4, 0.5) is 0 Å². The van der Waals surface area contributed by atoms with Crippen molar-refractivity contribution in [1.29, 1.82) is 0 Å². The lowest BCUT2D eigenvalue weighted by atomic mass is 9.65. The van der Waals surface area contributed by atoms with Crippen LogP contribution in [0.25, 0.3) is 0 Å². The Bertz CT molecular complexity index is 906. The lowest BCUT2D eigenvalue weighted by Crippen LogP contribution is -2.59. The number of hydrogen-bond acceptors (Lipinski definition) is 6. The zero-order valence-corrected chi connectivity index (χ0v) is 24.5. The Morgan fingerprint density at radius 1 is 1.21 bits per heavy atom. The number of hydrogen-bond donors (Lipinski definition) is 1. The molecule has 1 N–H and O–H groups in total. The summed E-state index contributed by atoms with van der Waals surface area (Å²) in [5, 5.41) is 10.5. The number of amides is 2. The van der Waals surface area contributed by atoms with Gasteiger partial charge in [-0.1, -0.05) is 52.7 Å². The number of aliphatic hydroxyl groups is 1. The maximum absolute atomic E-state index is 14.4. The maximum atomic E-state index is 14.4. The highest BCUT2D eigenvalue weighted by Gasteiger charge is 2.79. The van der Waals surface area contributed by atoms with Crippen LogP contribution in [0.15, 0.2) is 25.3 Å². The fraction of sp³-hybridized carbons (Fsp3) is 0.774. The van der Waals surface area contributed by atoms with Gasteiger partial charge < -0.3 is 24.4 Å². The smallest absolute Gasteiger partial charge is 0.312 e. The zero-order chi connectivity index (χ0) is 28.8. The second kappa shape index (κ2) is 13.4. The first-order valence-electron chi connectivity index (χ1n) is 15.0. The lowest BCUT2D eigenvalue weighted by Gasteiger charge is -2.40. The number of unbranched alkanes of at least 4 members (excludes halogenated alkanes) is 3. The molecule has 0 aromatic heterocycles. The van der Waals surface area contributed by atoms with Gasteiger partial charge in [-0.15, -0.1) is 13.2 Å². The molecule has 3 saturated heterocycles. The molecule has 0 saturated carbocycles. The summed E-state index contributed by atoms with van der Waals surface area (Å²) in [4.78, 5) is 45.8. The zero-order valence-electron chi connectivity index (χ0n) is 24.5. The minimum Gasteiger partial charge on any atom is -0.465 e. The number of nitrogens with zero attached hydrogens (tertiary/aromatic N) is 2. The highest BCUT2D eigenvalue weighted by atomic mass is 16.6. The number of fused-ring (bicyclic) bond motifs is 1. The summed E-state index contributed by atoms with van der Waals surface area (Å²) in [6.07, 6.45) is 9.94. The molecule has 2 amide bonds. The predicted octanol–water partition coefficient (Wildman–Crippen LogP) is 4.26. The normalized spacial score (nSPS) is 29.9. The molecule has 8 heteroatoms. The largest absolute Gasteiger partial charge is 0.465 e. The molecule has 2 unspecified atom stereocenters. The van der Waals surface area contributed by atoms with E-state index in [0.29, 0.717) is 45.2 Å². The van der Waals surface area contributed by atoms with Crippen LogP contribution in [0.5, 0.6) is 0 Å². The van der Waals surface area contributed by atoms with Crippen molar-refractivity contribution < 1.29 is 29.0 Å². The SMILES string of the molecule is C=CCCCOC(=O)[C@@H]1[C@H]2C(=O)N([C@@H](CO)CC(C)C)C(C(=O)N(CC=C)CCCCC)C23CC[C@@]1(CC)O3. The van der Waals surface area contributed by atoms with Gasteiger partial charge in [0.15, 0.2) is 0 Å². The summed E-state index contributed by atoms with van der Waals surface area (Å²) in [7, 11) is 0. The van der Waals surface area contributed by atoms with Crippen LogP contribution in [0.1, 0.15) is 85.5 Å². The van der Waals surface area contributed by atoms with E-state index in [0.717, 1.165) is 25.7 Å². The van der Waals surface area contributed by atoms with Gasteiger partial charge in [0.05, 0.1) is 30.8 Å². The Morgan fingerprint density at radius 3 is 2.54 bits per heavy atom. The first kappa shape index (κ1) is 31.3. The van der Waals surface area contributed by atoms with E-state index in [4.69, 9.17) is 9.47 Å². The molecular formula is C31H50N2O6. The number of carbonyl (C=O) groups excluding carboxylic acids is 3. The summed E-state index contributed by atoms with van der Waals surface area (Å²) in [5.41, 5.74) is -1.96. The van der Waals surface area contributed by atoms with E-state index in [1.54, 1.807) is 22.0 Å². The fourth-order valence-corrected chi connectivity index (χ4v) is 7.17. The Kier molecular flexibility index (Phi) is 10.8. The summed E-state index contributed by atoms with van der Waals surface area (Å²) in [5.74, 6) is -2.28. The van der Waals surface area contributed by atoms with E-state index < -0.39 is 41.1 Å². The van der Waals surface area contributed by atoms with Gasteiger partial charge in [-0.05, 0) is 50.9 Å². The summed E-state index contributed by atoms with van der Waals surface area (Å²) in [6.45, 7) is 16.6.